The molecule has 14 heteroatoms. The molecule has 3 aromatic heterocycles. The van der Waals surface area contributed by atoms with Crippen molar-refractivity contribution in [2.75, 3.05) is 12.4 Å². The molecule has 0 aliphatic heterocycles. The molecule has 0 aliphatic carbocycles. The van der Waals surface area contributed by atoms with Crippen molar-refractivity contribution in [3.05, 3.63) is 83.2 Å². The second-order valence-electron chi connectivity index (χ2n) is 11.6. The Kier molecular flexibility index (Phi) is 10.8. The Morgan fingerprint density at radius 2 is 1.80 bits per heavy atom. The summed E-state index contributed by atoms with van der Waals surface area (Å²) in [6, 6.07) is 12.7. The van der Waals surface area contributed by atoms with Gasteiger partial charge in [0.2, 0.25) is 15.9 Å². The van der Waals surface area contributed by atoms with E-state index < -0.39 is 40.1 Å². The zero-order valence-electron chi connectivity index (χ0n) is 25.9. The van der Waals surface area contributed by atoms with Crippen LogP contribution in [0.4, 0.5) is 0 Å². The molecule has 1 aromatic carbocycles. The highest BCUT2D eigenvalue weighted by Gasteiger charge is 2.31. The summed E-state index contributed by atoms with van der Waals surface area (Å²) in [5.41, 5.74) is 1.50. The van der Waals surface area contributed by atoms with E-state index in [4.69, 9.17) is 4.74 Å². The minimum atomic E-state index is -4.03. The molecule has 4 aromatic rings. The lowest BCUT2D eigenvalue weighted by atomic mass is 10.0. The molecular weight excluding hydrogens is 617 g/mol. The Morgan fingerprint density at radius 3 is 2.44 bits per heavy atom. The molecule has 2 N–H and O–H groups in total. The van der Waals surface area contributed by atoms with Crippen LogP contribution < -0.4 is 11.0 Å². The predicted octanol–water partition coefficient (Wildman–Crippen LogP) is 3.66. The lowest BCUT2D eigenvalue weighted by molar-refractivity contribution is -0.158. The summed E-state index contributed by atoms with van der Waals surface area (Å²) in [4.78, 5) is 50.0. The van der Waals surface area contributed by atoms with Gasteiger partial charge in [-0.1, -0.05) is 26.0 Å². The molecule has 3 heterocycles. The van der Waals surface area contributed by atoms with E-state index >= 15 is 0 Å². The summed E-state index contributed by atoms with van der Waals surface area (Å²) in [6.45, 7) is 8.57. The normalized spacial score (nSPS) is 12.9. The molecule has 0 bridgehead atoms. The molecule has 0 unspecified atom stereocenters. The Morgan fingerprint density at radius 1 is 1.09 bits per heavy atom. The first-order chi connectivity index (χ1) is 21.2. The van der Waals surface area contributed by atoms with Gasteiger partial charge in [0.05, 0.1) is 23.6 Å². The quantitative estimate of drug-likeness (QED) is 0.162. The molecule has 12 nitrogen and oxygen atoms in total. The van der Waals surface area contributed by atoms with Crippen LogP contribution in [0.15, 0.2) is 76.8 Å². The van der Waals surface area contributed by atoms with Crippen LogP contribution in [-0.4, -0.2) is 73.4 Å². The number of nitrogens with zero attached hydrogens (tertiary/aromatic N) is 4. The number of fused-ring (bicyclic) bond motifs is 1. The minimum absolute atomic E-state index is 0.0278. The highest BCUT2D eigenvalue weighted by Crippen LogP contribution is 2.20. The number of imidazole rings is 1. The lowest BCUT2D eigenvalue weighted by Gasteiger charge is -2.26. The van der Waals surface area contributed by atoms with Crippen molar-refractivity contribution in [2.24, 2.45) is 0 Å². The monoisotopic (exact) mass is 654 g/mol. The number of carbonyl (C=O) groups excluding carboxylic acids is 2. The van der Waals surface area contributed by atoms with Gasteiger partial charge in [-0.15, -0.1) is 11.8 Å². The van der Waals surface area contributed by atoms with E-state index in [-0.39, 0.29) is 28.1 Å². The van der Waals surface area contributed by atoms with Crippen molar-refractivity contribution in [1.29, 1.82) is 0 Å². The largest absolute Gasteiger partial charge is 0.458 e. The van der Waals surface area contributed by atoms with E-state index in [1.807, 2.05) is 26.0 Å². The van der Waals surface area contributed by atoms with Gasteiger partial charge in [0.25, 0.3) is 0 Å². The second-order valence-corrected chi connectivity index (χ2v) is 15.1. The number of H-pyrrole nitrogens is 1. The standard InChI is InChI=1S/C31H38N6O6S2/c1-21(2)44-20-36(45(41,42)24-8-6-16-32-18-24)19-27(38)34-26(29(39)43-31(3,4)5)15-12-22-10-13-23(14-11-22)37-28-25(35-30(37)40)9-7-17-33-28/h6-11,13-14,16-18,21,26H,12,15,19-20H2,1-5H3,(H,34,38)(H,35,40)/t26-/m0/s1. The highest BCUT2D eigenvalue weighted by atomic mass is 32.2. The van der Waals surface area contributed by atoms with Gasteiger partial charge in [-0.2, -0.15) is 4.31 Å². The van der Waals surface area contributed by atoms with E-state index in [0.29, 0.717) is 23.3 Å². The highest BCUT2D eigenvalue weighted by molar-refractivity contribution is 8.00. The van der Waals surface area contributed by atoms with Crippen molar-refractivity contribution >= 4 is 44.8 Å². The number of aromatic amines is 1. The number of thioether (sulfide) groups is 1. The molecule has 0 saturated heterocycles. The first kappa shape index (κ1) is 33.9. The Bertz CT molecular complexity index is 1780. The first-order valence-electron chi connectivity index (χ1n) is 14.4. The van der Waals surface area contributed by atoms with Gasteiger partial charge >= 0.3 is 11.7 Å². The van der Waals surface area contributed by atoms with Crippen molar-refractivity contribution < 1.29 is 22.7 Å². The number of rotatable bonds is 13. The maximum atomic E-state index is 13.4. The number of amides is 1. The van der Waals surface area contributed by atoms with Gasteiger partial charge in [0.15, 0.2) is 5.65 Å². The van der Waals surface area contributed by atoms with Crippen molar-refractivity contribution in [2.45, 2.75) is 69.2 Å². The third-order valence-corrected chi connectivity index (χ3v) is 9.60. The summed E-state index contributed by atoms with van der Waals surface area (Å²) in [6.07, 6.45) is 4.91. The number of ether oxygens (including phenoxy) is 1. The van der Waals surface area contributed by atoms with Crippen molar-refractivity contribution in [3.8, 4) is 5.69 Å². The predicted molar refractivity (Wildman–Crippen MR) is 174 cm³/mol. The molecule has 0 aliphatic rings. The Balaban J connectivity index is 1.50. The van der Waals surface area contributed by atoms with Crippen LogP contribution in [0.2, 0.25) is 0 Å². The number of sulfonamides is 1. The molecule has 4 rings (SSSR count). The summed E-state index contributed by atoms with van der Waals surface area (Å²) >= 11 is 1.37. The average Bonchev–Trinajstić information content (AvgIpc) is 3.32. The number of hydrogen-bond donors (Lipinski definition) is 2. The average molecular weight is 655 g/mol. The van der Waals surface area contributed by atoms with E-state index in [9.17, 15) is 22.8 Å². The van der Waals surface area contributed by atoms with Gasteiger partial charge in [0.1, 0.15) is 16.5 Å². The van der Waals surface area contributed by atoms with Crippen molar-refractivity contribution in [3.63, 3.8) is 0 Å². The molecule has 0 fully saturated rings. The molecule has 45 heavy (non-hydrogen) atoms. The summed E-state index contributed by atoms with van der Waals surface area (Å²) in [5.74, 6) is -1.22. The number of esters is 1. The minimum Gasteiger partial charge on any atom is -0.458 e. The second kappa shape index (κ2) is 14.4. The maximum absolute atomic E-state index is 13.4. The smallest absolute Gasteiger partial charge is 0.332 e. The SMILES string of the molecule is CC(C)SCN(CC(=O)N[C@@H](CCc1ccc(-n2c(=O)[nH]c3cccnc32)cc1)C(=O)OC(C)(C)C)S(=O)(=O)c1cccnc1. The van der Waals surface area contributed by atoms with Gasteiger partial charge in [-0.25, -0.2) is 27.6 Å². The third-order valence-electron chi connectivity index (χ3n) is 6.53. The molecular formula is C31H38N6O6S2. The number of benzene rings is 1. The van der Waals surface area contributed by atoms with Crippen LogP contribution in [-0.2, 0) is 30.8 Å². The fourth-order valence-electron chi connectivity index (χ4n) is 4.41. The number of aromatic nitrogens is 4. The maximum Gasteiger partial charge on any atom is 0.332 e. The molecule has 0 radical (unpaired) electrons. The summed E-state index contributed by atoms with van der Waals surface area (Å²) in [5, 5.41) is 2.83. The van der Waals surface area contributed by atoms with E-state index in [1.54, 1.807) is 51.2 Å². The van der Waals surface area contributed by atoms with Crippen LogP contribution in [0.5, 0.6) is 0 Å². The molecule has 1 atom stereocenters. The Hall–Kier alpha value is -4.01. The van der Waals surface area contributed by atoms with Crippen LogP contribution in [0.3, 0.4) is 0 Å². The van der Waals surface area contributed by atoms with Crippen LogP contribution in [0.1, 0.15) is 46.6 Å². The zero-order valence-corrected chi connectivity index (χ0v) is 27.5. The number of hydrogen-bond acceptors (Lipinski definition) is 9. The number of pyridine rings is 2. The molecule has 0 spiro atoms. The van der Waals surface area contributed by atoms with Gasteiger partial charge in [-0.05, 0) is 75.6 Å². The summed E-state index contributed by atoms with van der Waals surface area (Å²) in [7, 11) is -4.03. The van der Waals surface area contributed by atoms with Gasteiger partial charge < -0.3 is 15.0 Å². The van der Waals surface area contributed by atoms with Crippen LogP contribution >= 0.6 is 11.8 Å². The fraction of sp³-hybridized carbons (Fsp3) is 0.387. The number of nitrogens with one attached hydrogen (secondary N) is 2. The fourth-order valence-corrected chi connectivity index (χ4v) is 6.73. The van der Waals surface area contributed by atoms with Gasteiger partial charge in [-0.3, -0.25) is 9.78 Å². The first-order valence-corrected chi connectivity index (χ1v) is 16.9. The van der Waals surface area contributed by atoms with Crippen molar-refractivity contribution in [1.82, 2.24) is 29.1 Å². The number of carbonyl (C=O) groups is 2. The van der Waals surface area contributed by atoms with E-state index in [1.165, 1.54) is 40.9 Å². The third kappa shape index (κ3) is 9.02. The molecule has 0 saturated carbocycles. The molecule has 240 valence electrons. The lowest BCUT2D eigenvalue weighted by Crippen LogP contribution is -2.48. The summed E-state index contributed by atoms with van der Waals surface area (Å²) < 4.78 is 34.9. The zero-order chi connectivity index (χ0) is 32.8. The topological polar surface area (TPSA) is 156 Å². The van der Waals surface area contributed by atoms with Crippen LogP contribution in [0.25, 0.3) is 16.9 Å². The van der Waals surface area contributed by atoms with Crippen LogP contribution in [0, 0.1) is 0 Å². The molecule has 1 amide bonds. The number of aryl methyl sites for hydroxylation is 1. The Labute approximate surface area is 266 Å². The van der Waals surface area contributed by atoms with E-state index in [2.05, 4.69) is 20.3 Å². The van der Waals surface area contributed by atoms with E-state index in [0.717, 1.165) is 9.87 Å². The van der Waals surface area contributed by atoms with Gasteiger partial charge in [0, 0.05) is 23.8 Å².